The minimum Gasteiger partial charge on any atom is -0.352 e. The lowest BCUT2D eigenvalue weighted by atomic mass is 10.1. The average molecular weight is 520 g/mol. The molecule has 0 radical (unpaired) electrons. The quantitative estimate of drug-likeness (QED) is 0.511. The van der Waals surface area contributed by atoms with E-state index in [9.17, 15) is 18.0 Å². The third kappa shape index (κ3) is 6.84. The number of likely N-dealkylation sites (N-methyl/N-ethyl adjacent to an activating group) is 1. The molecule has 1 N–H and O–H groups in total. The Hall–Kier alpha value is -2.42. The first kappa shape index (κ1) is 27.2. The van der Waals surface area contributed by atoms with Crippen molar-refractivity contribution in [3.05, 3.63) is 64.7 Å². The molecule has 190 valence electrons. The summed E-state index contributed by atoms with van der Waals surface area (Å²) in [4.78, 5) is 28.3. The molecule has 2 aromatic carbocycles. The Morgan fingerprint density at radius 3 is 2.31 bits per heavy atom. The van der Waals surface area contributed by atoms with Crippen LogP contribution in [0.15, 0.2) is 53.4 Å². The third-order valence-corrected chi connectivity index (χ3v) is 8.66. The molecule has 2 aromatic rings. The van der Waals surface area contributed by atoms with E-state index in [4.69, 9.17) is 11.6 Å². The Morgan fingerprint density at radius 2 is 1.71 bits per heavy atom. The van der Waals surface area contributed by atoms with Crippen molar-refractivity contribution in [3.8, 4) is 0 Å². The molecule has 0 heterocycles. The van der Waals surface area contributed by atoms with Gasteiger partial charge in [-0.05, 0) is 49.9 Å². The molecule has 3 rings (SSSR count). The van der Waals surface area contributed by atoms with Gasteiger partial charge >= 0.3 is 0 Å². The summed E-state index contributed by atoms with van der Waals surface area (Å²) in [6.07, 6.45) is 4.40. The number of amides is 2. The van der Waals surface area contributed by atoms with Crippen LogP contribution in [0, 0.1) is 6.92 Å². The molecule has 0 aromatic heterocycles. The minimum absolute atomic E-state index is 0.105. The van der Waals surface area contributed by atoms with Crippen LogP contribution in [-0.2, 0) is 26.2 Å². The van der Waals surface area contributed by atoms with Gasteiger partial charge in [0, 0.05) is 24.7 Å². The number of nitrogens with zero attached hydrogens (tertiary/aromatic N) is 2. The van der Waals surface area contributed by atoms with Crippen LogP contribution < -0.4 is 5.32 Å². The van der Waals surface area contributed by atoms with Crippen LogP contribution in [-0.4, -0.2) is 55.1 Å². The maximum absolute atomic E-state index is 13.5. The summed E-state index contributed by atoms with van der Waals surface area (Å²) < 4.78 is 27.2. The normalized spacial score (nSPS) is 15.2. The molecule has 1 unspecified atom stereocenters. The summed E-state index contributed by atoms with van der Waals surface area (Å²) in [5.74, 6) is -0.680. The van der Waals surface area contributed by atoms with Crippen LogP contribution in [0.2, 0.25) is 5.02 Å². The van der Waals surface area contributed by atoms with Gasteiger partial charge in [-0.15, -0.1) is 0 Å². The van der Waals surface area contributed by atoms with E-state index < -0.39 is 28.5 Å². The molecule has 35 heavy (non-hydrogen) atoms. The molecule has 1 saturated carbocycles. The van der Waals surface area contributed by atoms with Crippen LogP contribution in [0.1, 0.15) is 50.2 Å². The van der Waals surface area contributed by atoms with Crippen molar-refractivity contribution in [1.29, 1.82) is 0 Å². The van der Waals surface area contributed by atoms with Gasteiger partial charge in [0.25, 0.3) is 0 Å². The predicted octanol–water partition coefficient (Wildman–Crippen LogP) is 4.14. The zero-order valence-electron chi connectivity index (χ0n) is 20.5. The van der Waals surface area contributed by atoms with Crippen molar-refractivity contribution in [2.45, 2.75) is 69.5 Å². The summed E-state index contributed by atoms with van der Waals surface area (Å²) in [5, 5.41) is 3.57. The molecule has 0 saturated heterocycles. The molecule has 1 atom stereocenters. The van der Waals surface area contributed by atoms with Gasteiger partial charge in [-0.3, -0.25) is 9.59 Å². The highest BCUT2D eigenvalue weighted by Crippen LogP contribution is 2.22. The highest BCUT2D eigenvalue weighted by Gasteiger charge is 2.33. The maximum Gasteiger partial charge on any atom is 0.243 e. The van der Waals surface area contributed by atoms with Gasteiger partial charge < -0.3 is 10.2 Å². The van der Waals surface area contributed by atoms with E-state index >= 15 is 0 Å². The number of rotatable bonds is 10. The number of carbonyl (C=O) groups is 2. The lowest BCUT2D eigenvalue weighted by molar-refractivity contribution is -0.141. The van der Waals surface area contributed by atoms with Crippen molar-refractivity contribution in [1.82, 2.24) is 14.5 Å². The first-order valence-corrected chi connectivity index (χ1v) is 13.8. The van der Waals surface area contributed by atoms with E-state index in [1.54, 1.807) is 30.3 Å². The van der Waals surface area contributed by atoms with Crippen molar-refractivity contribution in [2.75, 3.05) is 13.6 Å². The lowest BCUT2D eigenvalue weighted by Gasteiger charge is -2.32. The molecule has 0 aliphatic heterocycles. The van der Waals surface area contributed by atoms with Gasteiger partial charge in [-0.25, -0.2) is 8.42 Å². The number of halogens is 1. The van der Waals surface area contributed by atoms with Gasteiger partial charge in [0.15, 0.2) is 0 Å². The molecular weight excluding hydrogens is 486 g/mol. The molecule has 0 spiro atoms. The topological polar surface area (TPSA) is 86.8 Å². The molecule has 0 bridgehead atoms. The number of hydrogen-bond donors (Lipinski definition) is 1. The molecule has 9 heteroatoms. The minimum atomic E-state index is -3.88. The van der Waals surface area contributed by atoms with Crippen molar-refractivity contribution in [2.24, 2.45) is 0 Å². The SMILES string of the molecule is CCC(C(=O)NC1CCCC1)N(Cc1ccccc1Cl)C(=O)CN(C)S(=O)(=O)c1ccc(C)cc1. The second-order valence-corrected chi connectivity index (χ2v) is 11.6. The standard InChI is InChI=1S/C26H34ClN3O4S/c1-4-24(26(32)28-21-10-6-7-11-21)30(17-20-9-5-8-12-23(20)27)25(31)18-29(3)35(33,34)22-15-13-19(2)14-16-22/h5,8-9,12-16,21,24H,4,6-7,10-11,17-18H2,1-3H3,(H,28,32). The first-order valence-electron chi connectivity index (χ1n) is 12.0. The largest absolute Gasteiger partial charge is 0.352 e. The Labute approximate surface area is 213 Å². The monoisotopic (exact) mass is 519 g/mol. The Kier molecular flexibility index (Phi) is 9.33. The smallest absolute Gasteiger partial charge is 0.243 e. The predicted molar refractivity (Wildman–Crippen MR) is 137 cm³/mol. The fraction of sp³-hybridized carbons (Fsp3) is 0.462. The van der Waals surface area contributed by atoms with Crippen molar-refractivity contribution >= 4 is 33.4 Å². The maximum atomic E-state index is 13.5. The molecule has 1 aliphatic rings. The van der Waals surface area contributed by atoms with Gasteiger partial charge in [-0.1, -0.05) is 67.3 Å². The molecule has 7 nitrogen and oxygen atoms in total. The number of sulfonamides is 1. The fourth-order valence-electron chi connectivity index (χ4n) is 4.35. The summed E-state index contributed by atoms with van der Waals surface area (Å²) in [7, 11) is -2.50. The van der Waals surface area contributed by atoms with E-state index in [1.165, 1.54) is 24.1 Å². The number of benzene rings is 2. The van der Waals surface area contributed by atoms with Gasteiger partial charge in [-0.2, -0.15) is 4.31 Å². The second-order valence-electron chi connectivity index (χ2n) is 9.10. The third-order valence-electron chi connectivity index (χ3n) is 6.47. The second kappa shape index (κ2) is 12.0. The van der Waals surface area contributed by atoms with Crippen LogP contribution in [0.4, 0.5) is 0 Å². The molecular formula is C26H34ClN3O4S. The molecule has 1 aliphatic carbocycles. The van der Waals surface area contributed by atoms with Crippen LogP contribution in [0.5, 0.6) is 0 Å². The number of hydrogen-bond acceptors (Lipinski definition) is 4. The Balaban J connectivity index is 1.85. The lowest BCUT2D eigenvalue weighted by Crippen LogP contribution is -2.53. The molecule has 2 amide bonds. The number of aryl methyl sites for hydroxylation is 1. The van der Waals surface area contributed by atoms with E-state index in [1.807, 2.05) is 19.9 Å². The van der Waals surface area contributed by atoms with Crippen molar-refractivity contribution < 1.29 is 18.0 Å². The Morgan fingerprint density at radius 1 is 1.09 bits per heavy atom. The summed E-state index contributed by atoms with van der Waals surface area (Å²) in [5.41, 5.74) is 1.63. The Bertz CT molecular complexity index is 1130. The van der Waals surface area contributed by atoms with E-state index in [-0.39, 0.29) is 23.4 Å². The fourth-order valence-corrected chi connectivity index (χ4v) is 5.67. The van der Waals surface area contributed by atoms with Crippen LogP contribution >= 0.6 is 11.6 Å². The van der Waals surface area contributed by atoms with Gasteiger partial charge in [0.2, 0.25) is 21.8 Å². The molecule has 1 fully saturated rings. The summed E-state index contributed by atoms with van der Waals surface area (Å²) in [6, 6.07) is 13.0. The van der Waals surface area contributed by atoms with Crippen molar-refractivity contribution in [3.63, 3.8) is 0 Å². The summed E-state index contributed by atoms with van der Waals surface area (Å²) in [6.45, 7) is 3.43. The number of nitrogens with one attached hydrogen (secondary N) is 1. The van der Waals surface area contributed by atoms with E-state index in [0.29, 0.717) is 17.0 Å². The van der Waals surface area contributed by atoms with Gasteiger partial charge in [0.1, 0.15) is 6.04 Å². The highest BCUT2D eigenvalue weighted by atomic mass is 35.5. The average Bonchev–Trinajstić information content (AvgIpc) is 3.33. The van der Waals surface area contributed by atoms with E-state index in [0.717, 1.165) is 35.6 Å². The highest BCUT2D eigenvalue weighted by molar-refractivity contribution is 7.89. The van der Waals surface area contributed by atoms with E-state index in [2.05, 4.69) is 5.32 Å². The zero-order valence-corrected chi connectivity index (χ0v) is 22.1. The van der Waals surface area contributed by atoms with Crippen LogP contribution in [0.3, 0.4) is 0 Å². The van der Waals surface area contributed by atoms with Crippen LogP contribution in [0.25, 0.3) is 0 Å². The number of carbonyl (C=O) groups excluding carboxylic acids is 2. The summed E-state index contributed by atoms with van der Waals surface area (Å²) >= 11 is 6.36. The zero-order chi connectivity index (χ0) is 25.6. The van der Waals surface area contributed by atoms with Gasteiger partial charge in [0.05, 0.1) is 11.4 Å². The first-order chi connectivity index (χ1) is 16.6.